The molecule has 0 saturated carbocycles. The molecular weight excluding hydrogens is 286 g/mol. The van der Waals surface area contributed by atoms with Gasteiger partial charge < -0.3 is 19.7 Å². The molecule has 0 atom stereocenters. The summed E-state index contributed by atoms with van der Waals surface area (Å²) in [6.07, 6.45) is 0. The number of hydrogen-bond acceptors (Lipinski definition) is 8. The molecule has 0 radical (unpaired) electrons. The highest BCUT2D eigenvalue weighted by molar-refractivity contribution is 6.28. The monoisotopic (exact) mass is 301 g/mol. The highest BCUT2D eigenvalue weighted by atomic mass is 35.5. The minimum atomic E-state index is -0.378. The van der Waals surface area contributed by atoms with Gasteiger partial charge in [0, 0.05) is 13.1 Å². The molecule has 1 aromatic rings. The number of hydrogen-bond donors (Lipinski definition) is 1. The number of carbonyl (C=O) groups excluding carboxylic acids is 1. The summed E-state index contributed by atoms with van der Waals surface area (Å²) in [6, 6.07) is 0. The highest BCUT2D eigenvalue weighted by Crippen LogP contribution is 2.14. The number of esters is 1. The number of carbonyl (C=O) groups is 1. The second-order valence-electron chi connectivity index (χ2n) is 3.99. The molecule has 1 saturated heterocycles. The maximum atomic E-state index is 11.3. The van der Waals surface area contributed by atoms with Crippen LogP contribution in [0.15, 0.2) is 0 Å². The van der Waals surface area contributed by atoms with Crippen molar-refractivity contribution in [1.82, 2.24) is 15.0 Å². The Morgan fingerprint density at radius 2 is 2.15 bits per heavy atom. The Hall–Kier alpha value is -1.67. The number of ether oxygens (including phenoxy) is 2. The van der Waals surface area contributed by atoms with Crippen molar-refractivity contribution >= 4 is 29.5 Å². The van der Waals surface area contributed by atoms with E-state index in [9.17, 15) is 4.79 Å². The standard InChI is InChI=1S/C11H16ClN5O3/c1-2-20-8(18)7-13-10-14-9(12)15-11(16-10)17-3-5-19-6-4-17/h2-7H2,1H3,(H,13,14,15,16). The van der Waals surface area contributed by atoms with Crippen LogP contribution < -0.4 is 10.2 Å². The van der Waals surface area contributed by atoms with Gasteiger partial charge in [-0.15, -0.1) is 0 Å². The maximum Gasteiger partial charge on any atom is 0.325 e. The summed E-state index contributed by atoms with van der Waals surface area (Å²) < 4.78 is 10.1. The molecule has 0 aliphatic carbocycles. The number of nitrogens with one attached hydrogen (secondary N) is 1. The van der Waals surface area contributed by atoms with Gasteiger partial charge in [0.1, 0.15) is 6.54 Å². The molecule has 8 nitrogen and oxygen atoms in total. The second-order valence-corrected chi connectivity index (χ2v) is 4.32. The molecule has 0 unspecified atom stereocenters. The van der Waals surface area contributed by atoms with Crippen LogP contribution in [0.3, 0.4) is 0 Å². The summed E-state index contributed by atoms with van der Waals surface area (Å²) in [5, 5.41) is 2.85. The van der Waals surface area contributed by atoms with Crippen molar-refractivity contribution in [3.63, 3.8) is 0 Å². The molecule has 20 heavy (non-hydrogen) atoms. The predicted octanol–water partition coefficient (Wildman–Crippen LogP) is 0.337. The number of halogens is 1. The van der Waals surface area contributed by atoms with Crippen molar-refractivity contribution < 1.29 is 14.3 Å². The second kappa shape index (κ2) is 7.20. The normalized spacial score (nSPS) is 15.0. The van der Waals surface area contributed by atoms with Crippen LogP contribution in [-0.4, -0.2) is 60.4 Å². The highest BCUT2D eigenvalue weighted by Gasteiger charge is 2.16. The van der Waals surface area contributed by atoms with Crippen LogP contribution in [0.2, 0.25) is 5.28 Å². The van der Waals surface area contributed by atoms with Crippen LogP contribution in [-0.2, 0) is 14.3 Å². The molecule has 2 rings (SSSR count). The fourth-order valence-corrected chi connectivity index (χ4v) is 1.84. The van der Waals surface area contributed by atoms with Gasteiger partial charge in [-0.2, -0.15) is 15.0 Å². The quantitative estimate of drug-likeness (QED) is 0.779. The largest absolute Gasteiger partial charge is 0.465 e. The summed E-state index contributed by atoms with van der Waals surface area (Å²) in [4.78, 5) is 25.5. The average Bonchev–Trinajstić information content (AvgIpc) is 2.46. The van der Waals surface area contributed by atoms with Gasteiger partial charge in [-0.1, -0.05) is 0 Å². The lowest BCUT2D eigenvalue weighted by Gasteiger charge is -2.26. The van der Waals surface area contributed by atoms with Gasteiger partial charge in [0.05, 0.1) is 19.8 Å². The van der Waals surface area contributed by atoms with Crippen LogP contribution in [0.5, 0.6) is 0 Å². The Morgan fingerprint density at radius 3 is 2.85 bits per heavy atom. The van der Waals surface area contributed by atoms with Gasteiger partial charge in [-0.3, -0.25) is 4.79 Å². The zero-order chi connectivity index (χ0) is 14.4. The van der Waals surface area contributed by atoms with Gasteiger partial charge >= 0.3 is 5.97 Å². The summed E-state index contributed by atoms with van der Waals surface area (Å²) in [6.45, 7) is 4.68. The third-order valence-corrected chi connectivity index (χ3v) is 2.76. The smallest absolute Gasteiger partial charge is 0.325 e. The first-order valence-electron chi connectivity index (χ1n) is 6.33. The lowest BCUT2D eigenvalue weighted by atomic mass is 10.4. The van der Waals surface area contributed by atoms with E-state index in [-0.39, 0.29) is 23.7 Å². The first kappa shape index (κ1) is 14.7. The van der Waals surface area contributed by atoms with E-state index in [0.29, 0.717) is 38.9 Å². The molecule has 1 aliphatic heterocycles. The van der Waals surface area contributed by atoms with Gasteiger partial charge in [-0.25, -0.2) is 0 Å². The molecule has 1 fully saturated rings. The maximum absolute atomic E-state index is 11.3. The first-order valence-corrected chi connectivity index (χ1v) is 6.70. The molecule has 2 heterocycles. The molecule has 0 amide bonds. The van der Waals surface area contributed by atoms with Crippen LogP contribution in [0.4, 0.5) is 11.9 Å². The minimum absolute atomic E-state index is 0.0171. The number of anilines is 2. The van der Waals surface area contributed by atoms with E-state index in [1.54, 1.807) is 6.92 Å². The van der Waals surface area contributed by atoms with Crippen molar-refractivity contribution in [3.05, 3.63) is 5.28 Å². The SMILES string of the molecule is CCOC(=O)CNc1nc(Cl)nc(N2CCOCC2)n1. The molecular formula is C11H16ClN5O3. The molecule has 1 aliphatic rings. The van der Waals surface area contributed by atoms with Gasteiger partial charge in [0.25, 0.3) is 0 Å². The first-order chi connectivity index (χ1) is 9.69. The van der Waals surface area contributed by atoms with E-state index in [0.717, 1.165) is 0 Å². The van der Waals surface area contributed by atoms with Crippen molar-refractivity contribution in [2.24, 2.45) is 0 Å². The van der Waals surface area contributed by atoms with E-state index >= 15 is 0 Å². The Morgan fingerprint density at radius 1 is 1.40 bits per heavy atom. The van der Waals surface area contributed by atoms with E-state index < -0.39 is 0 Å². The molecule has 0 aromatic carbocycles. The van der Waals surface area contributed by atoms with Crippen LogP contribution in [0, 0.1) is 0 Å². The third kappa shape index (κ3) is 4.17. The summed E-state index contributed by atoms with van der Waals surface area (Å²) in [7, 11) is 0. The van der Waals surface area contributed by atoms with Crippen molar-refractivity contribution in [2.75, 3.05) is 49.7 Å². The molecule has 1 N–H and O–H groups in total. The summed E-state index contributed by atoms with van der Waals surface area (Å²) >= 11 is 5.87. The van der Waals surface area contributed by atoms with E-state index in [2.05, 4.69) is 20.3 Å². The van der Waals surface area contributed by atoms with E-state index in [1.807, 2.05) is 4.90 Å². The summed E-state index contributed by atoms with van der Waals surface area (Å²) in [5.74, 6) is 0.344. The van der Waals surface area contributed by atoms with Crippen LogP contribution >= 0.6 is 11.6 Å². The lowest BCUT2D eigenvalue weighted by molar-refractivity contribution is -0.140. The fraction of sp³-hybridized carbons (Fsp3) is 0.636. The van der Waals surface area contributed by atoms with Crippen LogP contribution in [0.25, 0.3) is 0 Å². The number of rotatable bonds is 5. The molecule has 0 bridgehead atoms. The Labute approximate surface area is 121 Å². The number of aromatic nitrogens is 3. The number of morpholine rings is 1. The number of nitrogens with zero attached hydrogens (tertiary/aromatic N) is 4. The van der Waals surface area contributed by atoms with Gasteiger partial charge in [0.2, 0.25) is 17.2 Å². The minimum Gasteiger partial charge on any atom is -0.465 e. The Kier molecular flexibility index (Phi) is 5.31. The molecule has 9 heteroatoms. The average molecular weight is 302 g/mol. The van der Waals surface area contributed by atoms with E-state index in [1.165, 1.54) is 0 Å². The van der Waals surface area contributed by atoms with Crippen molar-refractivity contribution in [3.8, 4) is 0 Å². The van der Waals surface area contributed by atoms with Crippen LogP contribution in [0.1, 0.15) is 6.92 Å². The molecule has 0 spiro atoms. The Bertz CT molecular complexity index is 467. The zero-order valence-electron chi connectivity index (χ0n) is 11.1. The lowest BCUT2D eigenvalue weighted by Crippen LogP contribution is -2.37. The third-order valence-electron chi connectivity index (χ3n) is 2.59. The zero-order valence-corrected chi connectivity index (χ0v) is 11.9. The van der Waals surface area contributed by atoms with Gasteiger partial charge in [0.15, 0.2) is 0 Å². The van der Waals surface area contributed by atoms with E-state index in [4.69, 9.17) is 21.1 Å². The topological polar surface area (TPSA) is 89.5 Å². The fourth-order valence-electron chi connectivity index (χ4n) is 1.69. The Balaban J connectivity index is 2.02. The molecule has 1 aromatic heterocycles. The van der Waals surface area contributed by atoms with Gasteiger partial charge in [-0.05, 0) is 18.5 Å². The summed E-state index contributed by atoms with van der Waals surface area (Å²) in [5.41, 5.74) is 0. The van der Waals surface area contributed by atoms with Crippen molar-refractivity contribution in [1.29, 1.82) is 0 Å². The molecule has 110 valence electrons. The van der Waals surface area contributed by atoms with Crippen molar-refractivity contribution in [2.45, 2.75) is 6.92 Å². The predicted molar refractivity (Wildman–Crippen MR) is 73.0 cm³/mol.